The van der Waals surface area contributed by atoms with Crippen molar-refractivity contribution >= 4 is 40.1 Å². The van der Waals surface area contributed by atoms with Crippen molar-refractivity contribution in [3.05, 3.63) is 52.7 Å². The summed E-state index contributed by atoms with van der Waals surface area (Å²) in [5.41, 5.74) is 0. The van der Waals surface area contributed by atoms with E-state index in [1.54, 1.807) is 11.3 Å². The molecule has 0 saturated carbocycles. The smallest absolute Gasteiger partial charge is 0.0449 e. The first-order chi connectivity index (χ1) is 8.86. The molecule has 0 aliphatic carbocycles. The summed E-state index contributed by atoms with van der Waals surface area (Å²) in [6, 6.07) is 13.1. The first-order valence-electron chi connectivity index (χ1n) is 5.73. The Morgan fingerprint density at radius 2 is 1.56 bits per heavy atom. The highest BCUT2D eigenvalue weighted by Crippen LogP contribution is 2.39. The van der Waals surface area contributed by atoms with Crippen LogP contribution in [0.4, 0.5) is 0 Å². The molecule has 0 amide bonds. The monoisotopic (exact) mass is 288 g/mol. The van der Waals surface area contributed by atoms with Crippen molar-refractivity contribution in [2.24, 2.45) is 0 Å². The zero-order valence-electron chi connectivity index (χ0n) is 9.92. The van der Waals surface area contributed by atoms with Crippen LogP contribution in [0.15, 0.2) is 47.9 Å². The average molecular weight is 288 g/mol. The minimum Gasteiger partial charge on any atom is -0.143 e. The maximum Gasteiger partial charge on any atom is 0.0449 e. The largest absolute Gasteiger partial charge is 0.143 e. The number of rotatable bonds is 3. The molecule has 0 aliphatic rings. The molecule has 0 unspecified atom stereocenters. The van der Waals surface area contributed by atoms with Crippen molar-refractivity contribution in [3.63, 3.8) is 0 Å². The maximum absolute atomic E-state index is 2.23. The van der Waals surface area contributed by atoms with Crippen LogP contribution in [0.25, 0.3) is 25.6 Å². The molecule has 0 aliphatic heterocycles. The minimum atomic E-state index is 1.32. The molecular weight excluding hydrogens is 276 g/mol. The molecule has 3 aromatic rings. The third-order valence-electron chi connectivity index (χ3n) is 2.57. The Balaban J connectivity index is 1.92. The quantitative estimate of drug-likeness (QED) is 0.535. The Bertz CT molecular complexity index is 654. The number of hydrogen-bond donors (Lipinski definition) is 0. The molecule has 0 spiro atoms. The van der Waals surface area contributed by atoms with E-state index in [4.69, 9.17) is 0 Å². The van der Waals surface area contributed by atoms with Crippen LogP contribution in [0, 0.1) is 0 Å². The third kappa shape index (κ3) is 2.34. The second-order valence-corrected chi connectivity index (χ2v) is 6.99. The Kier molecular flexibility index (Phi) is 3.46. The molecule has 18 heavy (non-hydrogen) atoms. The lowest BCUT2D eigenvalue weighted by atomic mass is 10.3. The molecular formula is C15H12S3. The van der Waals surface area contributed by atoms with Gasteiger partial charge in [0.15, 0.2) is 0 Å². The number of allylic oxidation sites excluding steroid dienone is 1. The van der Waals surface area contributed by atoms with E-state index in [-0.39, 0.29) is 0 Å². The second kappa shape index (κ2) is 5.22. The summed E-state index contributed by atoms with van der Waals surface area (Å²) in [4.78, 5) is 6.76. The highest BCUT2D eigenvalue weighted by atomic mass is 32.1. The van der Waals surface area contributed by atoms with Gasteiger partial charge in [-0.25, -0.2) is 0 Å². The average Bonchev–Trinajstić information content (AvgIpc) is 3.10. The first-order valence-corrected chi connectivity index (χ1v) is 8.25. The van der Waals surface area contributed by atoms with Gasteiger partial charge in [-0.15, -0.1) is 34.0 Å². The van der Waals surface area contributed by atoms with Crippen molar-refractivity contribution in [1.29, 1.82) is 0 Å². The van der Waals surface area contributed by atoms with E-state index in [0.29, 0.717) is 0 Å². The van der Waals surface area contributed by atoms with E-state index in [2.05, 4.69) is 60.9 Å². The number of hydrogen-bond acceptors (Lipinski definition) is 3. The van der Waals surface area contributed by atoms with Crippen LogP contribution in [-0.2, 0) is 0 Å². The minimum absolute atomic E-state index is 1.32. The van der Waals surface area contributed by atoms with Gasteiger partial charge < -0.3 is 0 Å². The van der Waals surface area contributed by atoms with Crippen LogP contribution in [0.1, 0.15) is 11.8 Å². The fourth-order valence-electron chi connectivity index (χ4n) is 1.76. The Morgan fingerprint density at radius 3 is 2.28 bits per heavy atom. The molecule has 3 heterocycles. The van der Waals surface area contributed by atoms with E-state index in [0.717, 1.165) is 0 Å². The summed E-state index contributed by atoms with van der Waals surface area (Å²) in [5, 5.41) is 2.13. The summed E-state index contributed by atoms with van der Waals surface area (Å²) in [6.07, 6.45) is 4.24. The highest BCUT2D eigenvalue weighted by Gasteiger charge is 2.07. The highest BCUT2D eigenvalue weighted by molar-refractivity contribution is 7.26. The predicted octanol–water partition coefficient (Wildman–Crippen LogP) is 6.24. The summed E-state index contributed by atoms with van der Waals surface area (Å²) in [7, 11) is 0. The van der Waals surface area contributed by atoms with Gasteiger partial charge in [0.2, 0.25) is 0 Å². The van der Waals surface area contributed by atoms with E-state index >= 15 is 0 Å². The fourth-order valence-corrected chi connectivity index (χ4v) is 4.67. The van der Waals surface area contributed by atoms with Crippen LogP contribution in [0.3, 0.4) is 0 Å². The van der Waals surface area contributed by atoms with Gasteiger partial charge in [-0.2, -0.15) is 0 Å². The zero-order chi connectivity index (χ0) is 12.4. The van der Waals surface area contributed by atoms with Crippen LogP contribution in [-0.4, -0.2) is 0 Å². The van der Waals surface area contributed by atoms with Crippen molar-refractivity contribution in [2.75, 3.05) is 0 Å². The van der Waals surface area contributed by atoms with Crippen molar-refractivity contribution in [2.45, 2.75) is 6.92 Å². The second-order valence-electron chi connectivity index (χ2n) is 3.84. The van der Waals surface area contributed by atoms with Crippen LogP contribution in [0.2, 0.25) is 0 Å². The number of thiophene rings is 3. The van der Waals surface area contributed by atoms with Crippen LogP contribution < -0.4 is 0 Å². The van der Waals surface area contributed by atoms with E-state index in [1.165, 1.54) is 24.4 Å². The lowest BCUT2D eigenvalue weighted by Gasteiger charge is -1.90. The molecule has 0 aromatic carbocycles. The molecule has 3 rings (SSSR count). The van der Waals surface area contributed by atoms with Gasteiger partial charge in [0.25, 0.3) is 0 Å². The molecule has 0 N–H and O–H groups in total. The Hall–Kier alpha value is -1.16. The molecule has 0 fully saturated rings. The lowest BCUT2D eigenvalue weighted by molar-refractivity contribution is 1.78. The Labute approximate surface area is 119 Å². The molecule has 0 saturated heterocycles. The Morgan fingerprint density at radius 1 is 0.833 bits per heavy atom. The summed E-state index contributed by atoms with van der Waals surface area (Å²) in [6.45, 7) is 2.05. The standard InChI is InChI=1S/C15H12S3/c1-2-4-11-6-7-14(17-11)15-9-8-13(18-15)12-5-3-10-16-12/h2-10H,1H3/b4-2+. The molecule has 0 bridgehead atoms. The van der Waals surface area contributed by atoms with E-state index in [1.807, 2.05) is 22.7 Å². The van der Waals surface area contributed by atoms with Gasteiger partial charge in [-0.05, 0) is 48.7 Å². The van der Waals surface area contributed by atoms with Gasteiger partial charge in [0.1, 0.15) is 0 Å². The summed E-state index contributed by atoms with van der Waals surface area (Å²) in [5.74, 6) is 0. The van der Waals surface area contributed by atoms with Crippen molar-refractivity contribution in [1.82, 2.24) is 0 Å². The molecule has 0 atom stereocenters. The van der Waals surface area contributed by atoms with Gasteiger partial charge >= 0.3 is 0 Å². The van der Waals surface area contributed by atoms with Gasteiger partial charge in [-0.3, -0.25) is 0 Å². The summed E-state index contributed by atoms with van der Waals surface area (Å²) < 4.78 is 0. The van der Waals surface area contributed by atoms with Gasteiger partial charge in [0.05, 0.1) is 0 Å². The maximum atomic E-state index is 2.23. The molecule has 0 radical (unpaired) electrons. The summed E-state index contributed by atoms with van der Waals surface area (Å²) >= 11 is 5.52. The van der Waals surface area contributed by atoms with Gasteiger partial charge in [-0.1, -0.05) is 12.1 Å². The SMILES string of the molecule is C/C=C/c1ccc(-c2ccc(-c3cccs3)s2)s1. The molecule has 3 heteroatoms. The van der Waals surface area contributed by atoms with Crippen LogP contribution in [0.5, 0.6) is 0 Å². The van der Waals surface area contributed by atoms with Crippen molar-refractivity contribution in [3.8, 4) is 19.5 Å². The van der Waals surface area contributed by atoms with E-state index < -0.39 is 0 Å². The fraction of sp³-hybridized carbons (Fsp3) is 0.0667. The predicted molar refractivity (Wildman–Crippen MR) is 85.7 cm³/mol. The first kappa shape index (κ1) is 11.9. The van der Waals surface area contributed by atoms with Gasteiger partial charge in [0, 0.05) is 24.4 Å². The van der Waals surface area contributed by atoms with E-state index in [9.17, 15) is 0 Å². The topological polar surface area (TPSA) is 0 Å². The normalized spacial score (nSPS) is 11.4. The zero-order valence-corrected chi connectivity index (χ0v) is 12.4. The molecule has 0 nitrogen and oxygen atoms in total. The van der Waals surface area contributed by atoms with Crippen molar-refractivity contribution < 1.29 is 0 Å². The third-order valence-corrected chi connectivity index (χ3v) is 5.97. The van der Waals surface area contributed by atoms with Crippen LogP contribution >= 0.6 is 34.0 Å². The molecule has 90 valence electrons. The molecule has 3 aromatic heterocycles. The lowest BCUT2D eigenvalue weighted by Crippen LogP contribution is -1.57.